The number of carbonyl (C=O) groups is 1. The third-order valence-electron chi connectivity index (χ3n) is 3.23. The summed E-state index contributed by atoms with van der Waals surface area (Å²) in [7, 11) is 0. The highest BCUT2D eigenvalue weighted by Gasteiger charge is 2.10. The molecule has 24 heavy (non-hydrogen) atoms. The summed E-state index contributed by atoms with van der Waals surface area (Å²) in [5, 5.41) is 0. The van der Waals surface area contributed by atoms with Crippen molar-refractivity contribution in [2.45, 2.75) is 13.3 Å². The monoisotopic (exact) mass is 355 g/mol. The van der Waals surface area contributed by atoms with Crippen molar-refractivity contribution in [3.63, 3.8) is 0 Å². The average molecular weight is 355 g/mol. The molecule has 5 nitrogen and oxygen atoms in total. The first-order chi connectivity index (χ1) is 11.4. The lowest BCUT2D eigenvalue weighted by atomic mass is 10.0. The van der Waals surface area contributed by atoms with E-state index in [2.05, 4.69) is 4.72 Å². The lowest BCUT2D eigenvalue weighted by Gasteiger charge is -2.12. The van der Waals surface area contributed by atoms with Gasteiger partial charge in [0.2, 0.25) is 0 Å². The van der Waals surface area contributed by atoms with E-state index in [0.717, 1.165) is 6.07 Å². The van der Waals surface area contributed by atoms with E-state index in [1.807, 2.05) is 0 Å². The molecule has 2 rings (SSSR count). The predicted octanol–water partition coefficient (Wildman–Crippen LogP) is 3.34. The fourth-order valence-electron chi connectivity index (χ4n) is 2.08. The standard InChI is InChI=1S/C16H15F2NO4S/c1-10(20)11-2-4-15(19-24(21)22)12(8-11)6-7-23-16-5-3-13(17)9-14(16)18/h2-5,8-9,19H,6-7H2,1H3,(H,21,22). The summed E-state index contributed by atoms with van der Waals surface area (Å²) in [5.41, 5.74) is 1.36. The fourth-order valence-corrected chi connectivity index (χ4v) is 2.46. The molecule has 8 heteroatoms. The number of halogens is 2. The summed E-state index contributed by atoms with van der Waals surface area (Å²) in [6, 6.07) is 7.59. The molecule has 0 saturated carbocycles. The van der Waals surface area contributed by atoms with Gasteiger partial charge in [-0.05, 0) is 42.8 Å². The van der Waals surface area contributed by atoms with Gasteiger partial charge in [-0.15, -0.1) is 0 Å². The molecule has 0 heterocycles. The van der Waals surface area contributed by atoms with E-state index in [1.165, 1.54) is 25.1 Å². The largest absolute Gasteiger partial charge is 0.490 e. The van der Waals surface area contributed by atoms with Gasteiger partial charge >= 0.3 is 0 Å². The molecule has 0 radical (unpaired) electrons. The van der Waals surface area contributed by atoms with E-state index in [1.54, 1.807) is 6.07 Å². The third kappa shape index (κ3) is 4.84. The maximum absolute atomic E-state index is 13.5. The van der Waals surface area contributed by atoms with Crippen molar-refractivity contribution in [2.75, 3.05) is 11.3 Å². The fraction of sp³-hybridized carbons (Fsp3) is 0.188. The Kier molecular flexibility index (Phi) is 5.99. The van der Waals surface area contributed by atoms with Gasteiger partial charge in [-0.2, -0.15) is 0 Å². The minimum absolute atomic E-state index is 0.0383. The topological polar surface area (TPSA) is 75.6 Å². The van der Waals surface area contributed by atoms with E-state index in [9.17, 15) is 17.8 Å². The highest BCUT2D eigenvalue weighted by Crippen LogP contribution is 2.21. The molecule has 0 saturated heterocycles. The van der Waals surface area contributed by atoms with Gasteiger partial charge in [-0.3, -0.25) is 14.1 Å². The number of nitrogens with one attached hydrogen (secondary N) is 1. The van der Waals surface area contributed by atoms with Gasteiger partial charge < -0.3 is 4.74 Å². The molecule has 2 aromatic carbocycles. The summed E-state index contributed by atoms with van der Waals surface area (Å²) in [5.74, 6) is -1.77. The summed E-state index contributed by atoms with van der Waals surface area (Å²) < 4.78 is 53.8. The van der Waals surface area contributed by atoms with Crippen LogP contribution in [0.1, 0.15) is 22.8 Å². The van der Waals surface area contributed by atoms with E-state index in [-0.39, 0.29) is 24.6 Å². The molecular formula is C16H15F2NO4S. The van der Waals surface area contributed by atoms with Crippen LogP contribution < -0.4 is 9.46 Å². The number of hydrogen-bond acceptors (Lipinski definition) is 3. The van der Waals surface area contributed by atoms with E-state index in [4.69, 9.17) is 9.29 Å². The lowest BCUT2D eigenvalue weighted by molar-refractivity contribution is 0.101. The average Bonchev–Trinajstić information content (AvgIpc) is 2.50. The van der Waals surface area contributed by atoms with Crippen molar-refractivity contribution >= 4 is 22.7 Å². The number of Topliss-reactive ketones (excluding diaryl/α,β-unsaturated/α-hetero) is 1. The Morgan fingerprint density at radius 2 is 2.00 bits per heavy atom. The maximum atomic E-state index is 13.5. The van der Waals surface area contributed by atoms with Gasteiger partial charge in [-0.25, -0.2) is 13.0 Å². The van der Waals surface area contributed by atoms with Crippen molar-refractivity contribution in [1.29, 1.82) is 0 Å². The molecule has 0 fully saturated rings. The van der Waals surface area contributed by atoms with Crippen molar-refractivity contribution < 1.29 is 27.1 Å². The zero-order chi connectivity index (χ0) is 17.7. The minimum atomic E-state index is -2.27. The molecule has 0 spiro atoms. The lowest BCUT2D eigenvalue weighted by Crippen LogP contribution is -2.09. The van der Waals surface area contributed by atoms with Crippen LogP contribution in [-0.2, 0) is 17.7 Å². The Morgan fingerprint density at radius 1 is 1.25 bits per heavy atom. The Labute approximate surface area is 140 Å². The van der Waals surface area contributed by atoms with Gasteiger partial charge in [0, 0.05) is 18.1 Å². The minimum Gasteiger partial charge on any atom is -0.490 e. The second-order valence-corrected chi connectivity index (χ2v) is 5.65. The second kappa shape index (κ2) is 7.98. The maximum Gasteiger partial charge on any atom is 0.259 e. The number of ketones is 1. The van der Waals surface area contributed by atoms with E-state index in [0.29, 0.717) is 22.9 Å². The Bertz CT molecular complexity index is 783. The predicted molar refractivity (Wildman–Crippen MR) is 86.4 cm³/mol. The van der Waals surface area contributed by atoms with Gasteiger partial charge in [0.25, 0.3) is 11.3 Å². The first-order valence-corrected chi connectivity index (χ1v) is 8.06. The van der Waals surface area contributed by atoms with Gasteiger partial charge in [0.15, 0.2) is 17.3 Å². The van der Waals surface area contributed by atoms with Crippen LogP contribution in [0.5, 0.6) is 5.75 Å². The molecule has 128 valence electrons. The zero-order valence-corrected chi connectivity index (χ0v) is 13.5. The Balaban J connectivity index is 2.13. The second-order valence-electron chi connectivity index (χ2n) is 4.95. The number of carbonyl (C=O) groups excluding carboxylic acids is 1. The summed E-state index contributed by atoms with van der Waals surface area (Å²) >= 11 is -2.27. The van der Waals surface area contributed by atoms with Crippen molar-refractivity contribution in [2.24, 2.45) is 0 Å². The van der Waals surface area contributed by atoms with Crippen LogP contribution in [0.3, 0.4) is 0 Å². The molecule has 1 unspecified atom stereocenters. The van der Waals surface area contributed by atoms with E-state index >= 15 is 0 Å². The molecule has 1 atom stereocenters. The first kappa shape index (κ1) is 18.0. The molecule has 0 aliphatic heterocycles. The van der Waals surface area contributed by atoms with Crippen LogP contribution >= 0.6 is 0 Å². The van der Waals surface area contributed by atoms with Gasteiger partial charge in [0.05, 0.1) is 12.3 Å². The van der Waals surface area contributed by atoms with Crippen LogP contribution in [0, 0.1) is 11.6 Å². The van der Waals surface area contributed by atoms with E-state index < -0.39 is 22.9 Å². The van der Waals surface area contributed by atoms with Crippen LogP contribution in [-0.4, -0.2) is 21.2 Å². The van der Waals surface area contributed by atoms with Gasteiger partial charge in [-0.1, -0.05) is 0 Å². The molecule has 2 aromatic rings. The summed E-state index contributed by atoms with van der Waals surface area (Å²) in [6.45, 7) is 1.44. The molecule has 0 aliphatic rings. The Morgan fingerprint density at radius 3 is 2.62 bits per heavy atom. The van der Waals surface area contributed by atoms with Crippen LogP contribution in [0.25, 0.3) is 0 Å². The number of rotatable bonds is 7. The van der Waals surface area contributed by atoms with Crippen LogP contribution in [0.15, 0.2) is 36.4 Å². The molecular weight excluding hydrogens is 340 g/mol. The third-order valence-corrected chi connectivity index (χ3v) is 3.63. The molecule has 0 aliphatic carbocycles. The molecule has 0 aromatic heterocycles. The summed E-state index contributed by atoms with van der Waals surface area (Å²) in [6.07, 6.45) is 0.247. The van der Waals surface area contributed by atoms with Crippen LogP contribution in [0.4, 0.5) is 14.5 Å². The summed E-state index contributed by atoms with van der Waals surface area (Å²) in [4.78, 5) is 11.5. The molecule has 2 N–H and O–H groups in total. The zero-order valence-electron chi connectivity index (χ0n) is 12.7. The number of benzene rings is 2. The number of ether oxygens (including phenoxy) is 1. The SMILES string of the molecule is CC(=O)c1ccc(NS(=O)O)c(CCOc2ccc(F)cc2F)c1. The normalized spacial score (nSPS) is 11.8. The number of anilines is 1. The van der Waals surface area contributed by atoms with Crippen LogP contribution in [0.2, 0.25) is 0 Å². The van der Waals surface area contributed by atoms with Crippen molar-refractivity contribution in [3.8, 4) is 5.75 Å². The highest BCUT2D eigenvalue weighted by molar-refractivity contribution is 7.80. The Hall–Kier alpha value is -2.32. The number of hydrogen-bond donors (Lipinski definition) is 2. The molecule has 0 bridgehead atoms. The highest BCUT2D eigenvalue weighted by atomic mass is 32.2. The molecule has 0 amide bonds. The quantitative estimate of drug-likeness (QED) is 0.590. The smallest absolute Gasteiger partial charge is 0.259 e. The van der Waals surface area contributed by atoms with Crippen molar-refractivity contribution in [3.05, 3.63) is 59.2 Å². The van der Waals surface area contributed by atoms with Crippen molar-refractivity contribution in [1.82, 2.24) is 0 Å². The van der Waals surface area contributed by atoms with Gasteiger partial charge in [0.1, 0.15) is 5.82 Å². The first-order valence-electron chi connectivity index (χ1n) is 6.96.